The molecule has 0 spiro atoms. The largest absolute Gasteiger partial charge is 0.323 e. The lowest BCUT2D eigenvalue weighted by atomic mass is 10.0. The van der Waals surface area contributed by atoms with E-state index in [-0.39, 0.29) is 6.04 Å². The minimum atomic E-state index is 0.165. The minimum absolute atomic E-state index is 0.165. The van der Waals surface area contributed by atoms with E-state index in [1.165, 1.54) is 9.75 Å². The zero-order valence-electron chi connectivity index (χ0n) is 7.60. The molecule has 1 unspecified atom stereocenters. The number of aryl methyl sites for hydroxylation is 1. The van der Waals surface area contributed by atoms with Gasteiger partial charge in [0, 0.05) is 20.3 Å². The third kappa shape index (κ3) is 2.09. The molecule has 0 saturated carbocycles. The number of hydrogen-bond donors (Lipinski definition) is 1. The summed E-state index contributed by atoms with van der Waals surface area (Å²) in [5.74, 6) is 0.499. The lowest BCUT2D eigenvalue weighted by Gasteiger charge is -2.13. The Hall–Kier alpha value is 0.140. The highest BCUT2D eigenvalue weighted by atomic mass is 79.9. The molecule has 2 N–H and O–H groups in total. The Labute approximate surface area is 86.1 Å². The molecule has 1 aromatic heterocycles. The maximum absolute atomic E-state index is 6.03. The van der Waals surface area contributed by atoms with Crippen LogP contribution in [-0.2, 0) is 0 Å². The summed E-state index contributed by atoms with van der Waals surface area (Å²) in [6.45, 7) is 6.39. The molecular weight excluding hydrogens is 234 g/mol. The van der Waals surface area contributed by atoms with Crippen LogP contribution in [0.4, 0.5) is 0 Å². The Balaban J connectivity index is 2.94. The van der Waals surface area contributed by atoms with Gasteiger partial charge in [-0.25, -0.2) is 0 Å². The van der Waals surface area contributed by atoms with E-state index in [1.54, 1.807) is 11.3 Å². The Morgan fingerprint density at radius 3 is 2.42 bits per heavy atom. The molecule has 3 heteroatoms. The third-order valence-electron chi connectivity index (χ3n) is 1.86. The highest BCUT2D eigenvalue weighted by molar-refractivity contribution is 9.10. The molecule has 1 atom stereocenters. The van der Waals surface area contributed by atoms with Crippen molar-refractivity contribution in [1.82, 2.24) is 0 Å². The number of nitrogens with two attached hydrogens (primary N) is 1. The quantitative estimate of drug-likeness (QED) is 0.852. The molecule has 0 aliphatic heterocycles. The van der Waals surface area contributed by atoms with E-state index in [2.05, 4.69) is 42.8 Å². The van der Waals surface area contributed by atoms with Crippen LogP contribution in [0.2, 0.25) is 0 Å². The molecule has 1 aromatic rings. The summed E-state index contributed by atoms with van der Waals surface area (Å²) in [6.07, 6.45) is 0. The fourth-order valence-corrected chi connectivity index (χ4v) is 3.12. The van der Waals surface area contributed by atoms with Crippen molar-refractivity contribution in [2.75, 3.05) is 0 Å². The van der Waals surface area contributed by atoms with Crippen LogP contribution < -0.4 is 5.73 Å². The lowest BCUT2D eigenvalue weighted by Crippen LogP contribution is -2.15. The fraction of sp³-hybridized carbons (Fsp3) is 0.556. The van der Waals surface area contributed by atoms with Crippen LogP contribution in [0.5, 0.6) is 0 Å². The molecule has 0 radical (unpaired) electrons. The first-order valence-electron chi connectivity index (χ1n) is 4.03. The number of halogens is 1. The summed E-state index contributed by atoms with van der Waals surface area (Å²) in [4.78, 5) is 2.58. The maximum Gasteiger partial charge on any atom is 0.0424 e. The van der Waals surface area contributed by atoms with Gasteiger partial charge < -0.3 is 5.73 Å². The van der Waals surface area contributed by atoms with Gasteiger partial charge in [0.15, 0.2) is 0 Å². The highest BCUT2D eigenvalue weighted by Gasteiger charge is 2.15. The van der Waals surface area contributed by atoms with E-state index < -0.39 is 0 Å². The van der Waals surface area contributed by atoms with Crippen LogP contribution >= 0.6 is 27.3 Å². The minimum Gasteiger partial charge on any atom is -0.323 e. The summed E-state index contributed by atoms with van der Waals surface area (Å²) in [7, 11) is 0. The summed E-state index contributed by atoms with van der Waals surface area (Å²) < 4.78 is 1.16. The first kappa shape index (κ1) is 10.2. The van der Waals surface area contributed by atoms with Gasteiger partial charge in [-0.2, -0.15) is 0 Å². The van der Waals surface area contributed by atoms with Crippen molar-refractivity contribution in [2.24, 2.45) is 11.7 Å². The molecule has 1 heterocycles. The average molecular weight is 248 g/mol. The van der Waals surface area contributed by atoms with Gasteiger partial charge in [-0.3, -0.25) is 0 Å². The topological polar surface area (TPSA) is 26.0 Å². The molecular formula is C9H14BrNS. The zero-order valence-corrected chi connectivity index (χ0v) is 10.00. The zero-order chi connectivity index (χ0) is 9.30. The Morgan fingerprint density at radius 2 is 2.08 bits per heavy atom. The standard InChI is InChI=1S/C9H14BrNS/c1-5(2)8(11)9-7(10)4-6(3)12-9/h4-5,8H,11H2,1-3H3. The van der Waals surface area contributed by atoms with Gasteiger partial charge in [0.05, 0.1) is 0 Å². The van der Waals surface area contributed by atoms with Crippen molar-refractivity contribution in [3.8, 4) is 0 Å². The van der Waals surface area contributed by atoms with Gasteiger partial charge in [-0.05, 0) is 34.8 Å². The van der Waals surface area contributed by atoms with Crippen LogP contribution in [0, 0.1) is 12.8 Å². The normalized spacial score (nSPS) is 13.8. The molecule has 0 aliphatic carbocycles. The van der Waals surface area contributed by atoms with Gasteiger partial charge in [-0.1, -0.05) is 13.8 Å². The van der Waals surface area contributed by atoms with Gasteiger partial charge in [0.1, 0.15) is 0 Å². The van der Waals surface area contributed by atoms with E-state index in [0.717, 1.165) is 4.47 Å². The maximum atomic E-state index is 6.03. The second-order valence-electron chi connectivity index (χ2n) is 3.34. The van der Waals surface area contributed by atoms with Gasteiger partial charge in [-0.15, -0.1) is 11.3 Å². The Kier molecular flexibility index (Phi) is 3.32. The predicted octanol–water partition coefficient (Wildman–Crippen LogP) is 3.47. The summed E-state index contributed by atoms with van der Waals surface area (Å²) >= 11 is 5.30. The molecule has 1 rings (SSSR count). The second kappa shape index (κ2) is 3.90. The van der Waals surface area contributed by atoms with Gasteiger partial charge in [0.2, 0.25) is 0 Å². The van der Waals surface area contributed by atoms with Gasteiger partial charge in [0.25, 0.3) is 0 Å². The van der Waals surface area contributed by atoms with E-state index in [9.17, 15) is 0 Å². The molecule has 0 amide bonds. The number of hydrogen-bond acceptors (Lipinski definition) is 2. The number of thiophene rings is 1. The molecule has 1 nitrogen and oxygen atoms in total. The third-order valence-corrected chi connectivity index (χ3v) is 3.93. The SMILES string of the molecule is Cc1cc(Br)c(C(N)C(C)C)s1. The van der Waals surface area contributed by atoms with Crippen molar-refractivity contribution in [1.29, 1.82) is 0 Å². The first-order valence-corrected chi connectivity index (χ1v) is 5.64. The van der Waals surface area contributed by atoms with E-state index in [1.807, 2.05) is 0 Å². The van der Waals surface area contributed by atoms with Crippen LogP contribution in [0.15, 0.2) is 10.5 Å². The molecule has 0 bridgehead atoms. The highest BCUT2D eigenvalue weighted by Crippen LogP contribution is 2.33. The predicted molar refractivity (Wildman–Crippen MR) is 58.5 cm³/mol. The molecule has 0 aromatic carbocycles. The smallest absolute Gasteiger partial charge is 0.0424 e. The summed E-state index contributed by atoms with van der Waals surface area (Å²) in [5.41, 5.74) is 6.03. The fourth-order valence-electron chi connectivity index (χ4n) is 1.03. The molecule has 0 fully saturated rings. The van der Waals surface area contributed by atoms with Crippen molar-refractivity contribution in [3.63, 3.8) is 0 Å². The van der Waals surface area contributed by atoms with Crippen LogP contribution in [0.1, 0.15) is 29.6 Å². The molecule has 0 aliphatic rings. The molecule has 68 valence electrons. The monoisotopic (exact) mass is 247 g/mol. The van der Waals surface area contributed by atoms with E-state index >= 15 is 0 Å². The van der Waals surface area contributed by atoms with E-state index in [0.29, 0.717) is 5.92 Å². The molecule has 12 heavy (non-hydrogen) atoms. The first-order chi connectivity index (χ1) is 5.52. The van der Waals surface area contributed by atoms with Gasteiger partial charge >= 0.3 is 0 Å². The Morgan fingerprint density at radius 1 is 1.50 bits per heavy atom. The summed E-state index contributed by atoms with van der Waals surface area (Å²) in [5, 5.41) is 0. The van der Waals surface area contributed by atoms with Crippen molar-refractivity contribution in [2.45, 2.75) is 26.8 Å². The lowest BCUT2D eigenvalue weighted by molar-refractivity contribution is 0.520. The Bertz CT molecular complexity index is 267. The number of rotatable bonds is 2. The molecule has 0 saturated heterocycles. The van der Waals surface area contributed by atoms with Crippen molar-refractivity contribution >= 4 is 27.3 Å². The van der Waals surface area contributed by atoms with Crippen LogP contribution in [0.25, 0.3) is 0 Å². The van der Waals surface area contributed by atoms with Crippen LogP contribution in [-0.4, -0.2) is 0 Å². The summed E-state index contributed by atoms with van der Waals surface area (Å²) in [6, 6.07) is 2.29. The van der Waals surface area contributed by atoms with Crippen molar-refractivity contribution < 1.29 is 0 Å². The second-order valence-corrected chi connectivity index (χ2v) is 5.48. The average Bonchev–Trinajstić information content (AvgIpc) is 2.28. The van der Waals surface area contributed by atoms with Crippen LogP contribution in [0.3, 0.4) is 0 Å². The van der Waals surface area contributed by atoms with Crippen molar-refractivity contribution in [3.05, 3.63) is 20.3 Å². The van der Waals surface area contributed by atoms with E-state index in [4.69, 9.17) is 5.73 Å².